The van der Waals surface area contributed by atoms with E-state index in [0.717, 1.165) is 36.4 Å². The first-order chi connectivity index (χ1) is 10.7. The van der Waals surface area contributed by atoms with Crippen LogP contribution in [0.2, 0.25) is 0 Å². The summed E-state index contributed by atoms with van der Waals surface area (Å²) in [5, 5.41) is 3.47. The molecule has 2 saturated heterocycles. The summed E-state index contributed by atoms with van der Waals surface area (Å²) in [6.45, 7) is 4.19. The Morgan fingerprint density at radius 3 is 2.59 bits per heavy atom. The van der Waals surface area contributed by atoms with Gasteiger partial charge in [-0.05, 0) is 55.5 Å². The molecule has 2 heterocycles. The summed E-state index contributed by atoms with van der Waals surface area (Å²) in [6.07, 6.45) is 4.28. The van der Waals surface area contributed by atoms with Crippen molar-refractivity contribution in [2.45, 2.75) is 30.6 Å². The molecule has 1 amide bonds. The zero-order valence-corrected chi connectivity index (χ0v) is 15.2. The summed E-state index contributed by atoms with van der Waals surface area (Å²) in [4.78, 5) is 15.6. The lowest BCUT2D eigenvalue weighted by molar-refractivity contribution is -0.132. The maximum Gasteiger partial charge on any atom is 0.223 e. The Balaban J connectivity index is 1.40. The van der Waals surface area contributed by atoms with Crippen LogP contribution in [0.1, 0.15) is 25.7 Å². The maximum atomic E-state index is 12.3. The number of hydrogen-bond acceptors (Lipinski definition) is 3. The number of amides is 1. The lowest BCUT2D eigenvalue weighted by Crippen LogP contribution is -2.44. The monoisotopic (exact) mass is 382 g/mol. The third kappa shape index (κ3) is 4.06. The van der Waals surface area contributed by atoms with E-state index < -0.39 is 0 Å². The first-order valence-electron chi connectivity index (χ1n) is 8.04. The van der Waals surface area contributed by atoms with E-state index in [0.29, 0.717) is 17.7 Å². The Labute approximate surface area is 145 Å². The molecule has 0 saturated carbocycles. The number of thioether (sulfide) groups is 1. The molecule has 1 spiro atoms. The number of carbonyl (C=O) groups excluding carboxylic acids is 1. The number of benzene rings is 1. The van der Waals surface area contributed by atoms with Crippen LogP contribution < -0.4 is 5.32 Å². The van der Waals surface area contributed by atoms with Crippen LogP contribution in [0.5, 0.6) is 0 Å². The molecule has 1 aromatic carbocycles. The zero-order valence-electron chi connectivity index (χ0n) is 12.8. The predicted molar refractivity (Wildman–Crippen MR) is 95.2 cm³/mol. The first kappa shape index (κ1) is 16.3. The van der Waals surface area contributed by atoms with E-state index in [1.165, 1.54) is 24.2 Å². The van der Waals surface area contributed by atoms with E-state index in [9.17, 15) is 4.79 Å². The van der Waals surface area contributed by atoms with Crippen LogP contribution in [0.3, 0.4) is 0 Å². The van der Waals surface area contributed by atoms with Gasteiger partial charge in [-0.2, -0.15) is 0 Å². The molecule has 0 aliphatic carbocycles. The van der Waals surface area contributed by atoms with Gasteiger partial charge in [0.1, 0.15) is 0 Å². The molecule has 2 aliphatic heterocycles. The minimum Gasteiger partial charge on any atom is -0.343 e. The van der Waals surface area contributed by atoms with Crippen molar-refractivity contribution < 1.29 is 4.79 Å². The Morgan fingerprint density at radius 1 is 1.23 bits per heavy atom. The van der Waals surface area contributed by atoms with Gasteiger partial charge in [0.15, 0.2) is 0 Å². The molecule has 0 aromatic heterocycles. The van der Waals surface area contributed by atoms with Crippen LogP contribution in [-0.2, 0) is 4.79 Å². The van der Waals surface area contributed by atoms with Crippen molar-refractivity contribution in [2.75, 3.05) is 31.9 Å². The second-order valence-corrected chi connectivity index (χ2v) is 8.44. The number of halogens is 1. The zero-order chi connectivity index (χ0) is 15.4. The van der Waals surface area contributed by atoms with E-state index in [2.05, 4.69) is 38.3 Å². The summed E-state index contributed by atoms with van der Waals surface area (Å²) in [7, 11) is 0. The van der Waals surface area contributed by atoms with E-state index >= 15 is 0 Å². The van der Waals surface area contributed by atoms with Gasteiger partial charge >= 0.3 is 0 Å². The highest BCUT2D eigenvalue weighted by atomic mass is 79.9. The maximum absolute atomic E-state index is 12.3. The number of likely N-dealkylation sites (tertiary alicyclic amines) is 1. The van der Waals surface area contributed by atoms with Gasteiger partial charge in [-0.25, -0.2) is 0 Å². The van der Waals surface area contributed by atoms with E-state index in [4.69, 9.17) is 0 Å². The quantitative estimate of drug-likeness (QED) is 0.808. The molecule has 0 atom stereocenters. The standard InChI is InChI=1S/C17H23BrN2OS/c18-14-1-3-15(4-2-14)22-12-5-16(21)20-10-7-17(8-11-20)6-9-19-13-17/h1-4,19H,5-13H2. The summed E-state index contributed by atoms with van der Waals surface area (Å²) in [6, 6.07) is 8.28. The fourth-order valence-corrected chi connectivity index (χ4v) is 4.50. The van der Waals surface area contributed by atoms with Crippen LogP contribution in [-0.4, -0.2) is 42.7 Å². The number of piperidine rings is 1. The highest BCUT2D eigenvalue weighted by Crippen LogP contribution is 2.37. The molecule has 1 N–H and O–H groups in total. The van der Waals surface area contributed by atoms with Crippen molar-refractivity contribution >= 4 is 33.6 Å². The van der Waals surface area contributed by atoms with E-state index in [1.54, 1.807) is 11.8 Å². The SMILES string of the molecule is O=C(CCSc1ccc(Br)cc1)N1CCC2(CCNC2)CC1. The Kier molecular flexibility index (Phi) is 5.47. The van der Waals surface area contributed by atoms with Gasteiger partial charge in [-0.1, -0.05) is 15.9 Å². The van der Waals surface area contributed by atoms with Gasteiger partial charge in [0.25, 0.3) is 0 Å². The molecule has 0 unspecified atom stereocenters. The molecule has 22 heavy (non-hydrogen) atoms. The van der Waals surface area contributed by atoms with Gasteiger partial charge in [0.05, 0.1) is 0 Å². The van der Waals surface area contributed by atoms with Gasteiger partial charge < -0.3 is 10.2 Å². The number of nitrogens with zero attached hydrogens (tertiary/aromatic N) is 1. The summed E-state index contributed by atoms with van der Waals surface area (Å²) in [5.41, 5.74) is 0.489. The summed E-state index contributed by atoms with van der Waals surface area (Å²) in [5.74, 6) is 1.19. The van der Waals surface area contributed by atoms with Crippen LogP contribution in [0.4, 0.5) is 0 Å². The van der Waals surface area contributed by atoms with Crippen LogP contribution in [0.25, 0.3) is 0 Å². The average molecular weight is 383 g/mol. The topological polar surface area (TPSA) is 32.3 Å². The minimum atomic E-state index is 0.324. The molecule has 3 rings (SSSR count). The lowest BCUT2D eigenvalue weighted by Gasteiger charge is -2.39. The Hall–Kier alpha value is -0.520. The number of carbonyl (C=O) groups is 1. The molecular formula is C17H23BrN2OS. The molecule has 1 aromatic rings. The van der Waals surface area contributed by atoms with Crippen LogP contribution in [0, 0.1) is 5.41 Å². The van der Waals surface area contributed by atoms with Gasteiger partial charge in [-0.3, -0.25) is 4.79 Å². The Bertz CT molecular complexity index is 504. The number of hydrogen-bond donors (Lipinski definition) is 1. The summed E-state index contributed by atoms with van der Waals surface area (Å²) >= 11 is 5.20. The number of rotatable bonds is 4. The first-order valence-corrected chi connectivity index (χ1v) is 9.82. The number of nitrogens with one attached hydrogen (secondary N) is 1. The predicted octanol–water partition coefficient (Wildman–Crippen LogP) is 3.53. The van der Waals surface area contributed by atoms with Crippen molar-refractivity contribution in [2.24, 2.45) is 5.41 Å². The third-order valence-corrected chi connectivity index (χ3v) is 6.45. The fourth-order valence-electron chi connectivity index (χ4n) is 3.40. The second-order valence-electron chi connectivity index (χ2n) is 6.36. The minimum absolute atomic E-state index is 0.324. The molecule has 0 bridgehead atoms. The van der Waals surface area contributed by atoms with Crippen molar-refractivity contribution in [3.8, 4) is 0 Å². The van der Waals surface area contributed by atoms with E-state index in [-0.39, 0.29) is 0 Å². The van der Waals surface area contributed by atoms with Crippen molar-refractivity contribution in [1.82, 2.24) is 10.2 Å². The molecule has 2 fully saturated rings. The summed E-state index contributed by atoms with van der Waals surface area (Å²) < 4.78 is 1.09. The third-order valence-electron chi connectivity index (χ3n) is 4.91. The smallest absolute Gasteiger partial charge is 0.223 e. The van der Waals surface area contributed by atoms with Gasteiger partial charge in [-0.15, -0.1) is 11.8 Å². The molecule has 2 aliphatic rings. The highest BCUT2D eigenvalue weighted by Gasteiger charge is 2.37. The lowest BCUT2D eigenvalue weighted by atomic mass is 9.78. The molecule has 0 radical (unpaired) electrons. The molecule has 120 valence electrons. The molecule has 3 nitrogen and oxygen atoms in total. The van der Waals surface area contributed by atoms with Crippen molar-refractivity contribution in [1.29, 1.82) is 0 Å². The van der Waals surface area contributed by atoms with Crippen molar-refractivity contribution in [3.63, 3.8) is 0 Å². The van der Waals surface area contributed by atoms with Crippen LogP contribution in [0.15, 0.2) is 33.6 Å². The van der Waals surface area contributed by atoms with Crippen LogP contribution >= 0.6 is 27.7 Å². The fraction of sp³-hybridized carbons (Fsp3) is 0.588. The normalized spacial score (nSPS) is 20.5. The second kappa shape index (κ2) is 7.37. The van der Waals surface area contributed by atoms with E-state index in [1.807, 2.05) is 12.1 Å². The largest absolute Gasteiger partial charge is 0.343 e. The highest BCUT2D eigenvalue weighted by molar-refractivity contribution is 9.10. The molecule has 5 heteroatoms. The van der Waals surface area contributed by atoms with Crippen molar-refractivity contribution in [3.05, 3.63) is 28.7 Å². The van der Waals surface area contributed by atoms with Gasteiger partial charge in [0.2, 0.25) is 5.91 Å². The van der Waals surface area contributed by atoms with Gasteiger partial charge in [0, 0.05) is 41.2 Å². The molecular weight excluding hydrogens is 360 g/mol. The average Bonchev–Trinajstić information content (AvgIpc) is 2.98. The Morgan fingerprint density at radius 2 is 1.95 bits per heavy atom.